The van der Waals surface area contributed by atoms with Crippen molar-refractivity contribution in [2.75, 3.05) is 0 Å². The van der Waals surface area contributed by atoms with E-state index in [1.54, 1.807) is 10.5 Å². The van der Waals surface area contributed by atoms with E-state index in [1.165, 1.54) is 4.57 Å². The predicted molar refractivity (Wildman–Crippen MR) is 74.4 cm³/mol. The fourth-order valence-corrected chi connectivity index (χ4v) is 4.43. The maximum Gasteiger partial charge on any atom is 0.471 e. The van der Waals surface area contributed by atoms with Crippen molar-refractivity contribution in [1.82, 2.24) is 4.57 Å². The summed E-state index contributed by atoms with van der Waals surface area (Å²) in [4.78, 5) is 24.5. The highest BCUT2D eigenvalue weighted by molar-refractivity contribution is 6.79. The van der Waals surface area contributed by atoms with E-state index >= 15 is 0 Å². The van der Waals surface area contributed by atoms with Gasteiger partial charge in [-0.05, 0) is 39.3 Å². The molecule has 3 amide bonds. The Kier molecular flexibility index (Phi) is 3.32. The highest BCUT2D eigenvalue weighted by Gasteiger charge is 2.50. The first-order chi connectivity index (χ1) is 7.46. The number of hydrogen-bond donors (Lipinski definition) is 0. The van der Waals surface area contributed by atoms with Gasteiger partial charge in [0.15, 0.2) is 0 Å². The lowest BCUT2D eigenvalue weighted by Gasteiger charge is -2.31. The van der Waals surface area contributed by atoms with Gasteiger partial charge in [-0.1, -0.05) is 6.58 Å². The summed E-state index contributed by atoms with van der Waals surface area (Å²) in [6.45, 7) is 16.0. The van der Waals surface area contributed by atoms with Gasteiger partial charge < -0.3 is 0 Å². The van der Waals surface area contributed by atoms with Crippen molar-refractivity contribution in [3.05, 3.63) is 12.2 Å². The van der Waals surface area contributed by atoms with Gasteiger partial charge in [-0.3, -0.25) is 0 Å². The minimum absolute atomic E-state index is 0.166. The molecule has 0 aliphatic carbocycles. The molecule has 0 radical (unpaired) electrons. The highest BCUT2D eigenvalue weighted by atomic mass is 28.3. The van der Waals surface area contributed by atoms with Crippen molar-refractivity contribution in [2.24, 2.45) is 0 Å². The summed E-state index contributed by atoms with van der Waals surface area (Å²) in [5, 5.41) is 0. The molecule has 0 fully saturated rings. The van der Waals surface area contributed by atoms with Crippen LogP contribution in [0.5, 0.6) is 0 Å². The first-order valence-corrected chi connectivity index (χ1v) is 12.6. The van der Waals surface area contributed by atoms with Gasteiger partial charge in [0, 0.05) is 0 Å². The summed E-state index contributed by atoms with van der Waals surface area (Å²) in [6.07, 6.45) is 1.62. The predicted octanol–water partition coefficient (Wildman–Crippen LogP) is 2.26. The Balaban J connectivity index is 3.34. The Hall–Kier alpha value is -1.02. The van der Waals surface area contributed by atoms with Gasteiger partial charge in [0.25, 0.3) is 16.5 Å². The average Bonchev–Trinajstić information content (AvgIpc) is 2.07. The topological polar surface area (TPSA) is 40.4 Å². The molecule has 1 heterocycles. The molecule has 0 spiro atoms. The van der Waals surface area contributed by atoms with Gasteiger partial charge in [-0.15, -0.1) is 0 Å². The standard InChI is InChI=1S/C11H21N2O2Si2/c1-9-8-12(16(2,3)4)11(15)13(10(9)14)17(5,6)7/h8H,1H2,2-7H3/q+1. The molecule has 1 rings (SSSR count). The number of carbonyl (C=O) groups is 2. The Labute approximate surface area is 105 Å². The molecule has 0 bridgehead atoms. The van der Waals surface area contributed by atoms with Crippen LogP contribution in [0.1, 0.15) is 0 Å². The molecule has 0 aromatic carbocycles. The molecule has 0 atom stereocenters. The van der Waals surface area contributed by atoms with E-state index in [0.29, 0.717) is 5.57 Å². The third kappa shape index (κ3) is 2.63. The Morgan fingerprint density at radius 2 is 1.59 bits per heavy atom. The molecule has 4 nitrogen and oxygen atoms in total. The summed E-state index contributed by atoms with van der Waals surface area (Å²) in [7, 11) is -3.83. The molecule has 1 aliphatic rings. The molecular weight excluding hydrogens is 248 g/mol. The normalized spacial score (nSPS) is 18.6. The molecule has 0 aromatic heterocycles. The number of amides is 3. The van der Waals surface area contributed by atoms with E-state index < -0.39 is 16.5 Å². The first kappa shape index (κ1) is 14.0. The van der Waals surface area contributed by atoms with Gasteiger partial charge in [0.2, 0.25) is 0 Å². The monoisotopic (exact) mass is 269 g/mol. The highest BCUT2D eigenvalue weighted by Crippen LogP contribution is 2.20. The van der Waals surface area contributed by atoms with Crippen LogP contribution in [0.2, 0.25) is 39.3 Å². The fourth-order valence-electron chi connectivity index (χ4n) is 1.68. The maximum atomic E-state index is 12.4. The number of hydrogen-bond acceptors (Lipinski definition) is 2. The van der Waals surface area contributed by atoms with Crippen molar-refractivity contribution in [1.29, 1.82) is 0 Å². The van der Waals surface area contributed by atoms with E-state index in [9.17, 15) is 9.59 Å². The molecule has 1 aliphatic heterocycles. The number of rotatable bonds is 2. The van der Waals surface area contributed by atoms with Crippen LogP contribution in [-0.2, 0) is 4.79 Å². The minimum atomic E-state index is -2.01. The largest absolute Gasteiger partial charge is 0.471 e. The summed E-state index contributed by atoms with van der Waals surface area (Å²) in [5.41, 5.74) is 0.412. The van der Waals surface area contributed by atoms with Crippen LogP contribution in [0.15, 0.2) is 12.2 Å². The lowest BCUT2D eigenvalue weighted by Crippen LogP contribution is -2.62. The van der Waals surface area contributed by atoms with Crippen LogP contribution in [0, 0.1) is 0 Å². The number of imide groups is 1. The summed E-state index contributed by atoms with van der Waals surface area (Å²) >= 11 is 0. The maximum absolute atomic E-state index is 12.4. The number of nitrogens with zero attached hydrogens (tertiary/aromatic N) is 2. The van der Waals surface area contributed by atoms with Crippen LogP contribution in [-0.4, -0.2) is 43.4 Å². The Morgan fingerprint density at radius 1 is 1.12 bits per heavy atom. The van der Waals surface area contributed by atoms with Crippen molar-refractivity contribution in [2.45, 2.75) is 39.3 Å². The van der Waals surface area contributed by atoms with Gasteiger partial charge >= 0.3 is 11.9 Å². The van der Waals surface area contributed by atoms with E-state index in [2.05, 4.69) is 26.2 Å². The van der Waals surface area contributed by atoms with Crippen LogP contribution in [0.25, 0.3) is 0 Å². The van der Waals surface area contributed by atoms with E-state index in [0.717, 1.165) is 0 Å². The number of carbonyl (C=O) groups excluding carboxylic acids is 2. The molecule has 0 N–H and O–H groups in total. The minimum Gasteiger partial charge on any atom is -0.249 e. The zero-order chi connectivity index (χ0) is 13.6. The lowest BCUT2D eigenvalue weighted by molar-refractivity contribution is -0.293. The SMILES string of the molecule is C=C1C=[N+]([Si](C)(C)C)C(=O)N([Si](C)(C)C)C1=O. The molecule has 17 heavy (non-hydrogen) atoms. The quantitative estimate of drug-likeness (QED) is 0.570. The summed E-state index contributed by atoms with van der Waals surface area (Å²) in [6, 6.07) is -0.166. The average molecular weight is 269 g/mol. The zero-order valence-corrected chi connectivity index (χ0v) is 13.5. The van der Waals surface area contributed by atoms with Crippen LogP contribution in [0.4, 0.5) is 4.79 Å². The first-order valence-electron chi connectivity index (χ1n) is 5.68. The van der Waals surface area contributed by atoms with Gasteiger partial charge in [-0.2, -0.15) is 4.79 Å². The third-order valence-corrected chi connectivity index (χ3v) is 6.06. The van der Waals surface area contributed by atoms with Gasteiger partial charge in [0.05, 0.1) is 11.8 Å². The molecule has 0 unspecified atom stereocenters. The molecule has 6 heteroatoms. The second kappa shape index (κ2) is 4.02. The van der Waals surface area contributed by atoms with E-state index in [1.807, 2.05) is 19.6 Å². The Morgan fingerprint density at radius 3 is 1.94 bits per heavy atom. The number of urea groups is 1. The molecule has 94 valence electrons. The fraction of sp³-hybridized carbons (Fsp3) is 0.545. The van der Waals surface area contributed by atoms with Crippen LogP contribution in [0.3, 0.4) is 0 Å². The molecule has 0 saturated heterocycles. The van der Waals surface area contributed by atoms with Gasteiger partial charge in [-0.25, -0.2) is 13.6 Å². The van der Waals surface area contributed by atoms with Crippen molar-refractivity contribution >= 4 is 34.6 Å². The van der Waals surface area contributed by atoms with Gasteiger partial charge in [0.1, 0.15) is 0 Å². The van der Waals surface area contributed by atoms with Crippen molar-refractivity contribution in [3.8, 4) is 0 Å². The molecule has 0 saturated carbocycles. The van der Waals surface area contributed by atoms with Crippen molar-refractivity contribution in [3.63, 3.8) is 0 Å². The third-order valence-electron chi connectivity index (χ3n) is 2.55. The molecular formula is C11H21N2O2Si2+. The Bertz CT molecular complexity index is 428. The second-order valence-corrected chi connectivity index (χ2v) is 15.9. The smallest absolute Gasteiger partial charge is 0.249 e. The molecule has 0 aromatic rings. The van der Waals surface area contributed by atoms with E-state index in [-0.39, 0.29) is 11.9 Å². The summed E-state index contributed by atoms with van der Waals surface area (Å²) < 4.78 is 3.17. The van der Waals surface area contributed by atoms with Crippen LogP contribution >= 0.6 is 0 Å². The lowest BCUT2D eigenvalue weighted by atomic mass is 10.3. The van der Waals surface area contributed by atoms with Crippen molar-refractivity contribution < 1.29 is 13.8 Å². The van der Waals surface area contributed by atoms with E-state index in [4.69, 9.17) is 0 Å². The second-order valence-electron chi connectivity index (χ2n) is 6.29. The summed E-state index contributed by atoms with van der Waals surface area (Å²) in [5.74, 6) is -0.233. The van der Waals surface area contributed by atoms with Crippen LogP contribution < -0.4 is 0 Å². The zero-order valence-electron chi connectivity index (χ0n) is 11.5.